The summed E-state index contributed by atoms with van der Waals surface area (Å²) in [4.78, 5) is 26.0. The molecule has 0 spiro atoms. The summed E-state index contributed by atoms with van der Waals surface area (Å²) >= 11 is 0. The van der Waals surface area contributed by atoms with Crippen molar-refractivity contribution in [2.45, 2.75) is 51.5 Å². The summed E-state index contributed by atoms with van der Waals surface area (Å²) in [7, 11) is 0. The number of para-hydroxylation sites is 1. The van der Waals surface area contributed by atoms with Crippen LogP contribution in [0.5, 0.6) is 0 Å². The van der Waals surface area contributed by atoms with Crippen LogP contribution in [-0.4, -0.2) is 30.9 Å². The molecule has 5 heteroatoms. The third kappa shape index (κ3) is 4.79. The molecule has 0 aromatic heterocycles. The minimum absolute atomic E-state index is 0.0341. The Morgan fingerprint density at radius 2 is 2.13 bits per heavy atom. The van der Waals surface area contributed by atoms with Crippen molar-refractivity contribution in [2.24, 2.45) is 5.73 Å². The average Bonchev–Trinajstić information content (AvgIpc) is 2.57. The lowest BCUT2D eigenvalue weighted by Gasteiger charge is -2.29. The molecule has 5 nitrogen and oxygen atoms in total. The minimum Gasteiger partial charge on any atom is -0.352 e. The monoisotopic (exact) mass is 317 g/mol. The zero-order valence-electron chi connectivity index (χ0n) is 13.9. The lowest BCUT2D eigenvalue weighted by atomic mass is 10.0. The van der Waals surface area contributed by atoms with Gasteiger partial charge in [0, 0.05) is 37.7 Å². The van der Waals surface area contributed by atoms with E-state index >= 15 is 0 Å². The second kappa shape index (κ2) is 8.67. The third-order valence-electron chi connectivity index (χ3n) is 4.31. The maximum absolute atomic E-state index is 12.2. The fourth-order valence-corrected chi connectivity index (χ4v) is 2.95. The van der Waals surface area contributed by atoms with Crippen LogP contribution < -0.4 is 16.0 Å². The van der Waals surface area contributed by atoms with Gasteiger partial charge in [0.25, 0.3) is 0 Å². The number of rotatable bonds is 8. The Morgan fingerprint density at radius 3 is 2.87 bits per heavy atom. The highest BCUT2D eigenvalue weighted by Gasteiger charge is 2.24. The smallest absolute Gasteiger partial charge is 0.227 e. The molecule has 0 bridgehead atoms. The molecule has 0 radical (unpaired) electrons. The Labute approximate surface area is 138 Å². The Morgan fingerprint density at radius 1 is 1.35 bits per heavy atom. The number of fused-ring (bicyclic) bond motifs is 1. The van der Waals surface area contributed by atoms with Gasteiger partial charge in [-0.2, -0.15) is 0 Å². The number of hydrogen-bond donors (Lipinski definition) is 2. The lowest BCUT2D eigenvalue weighted by molar-refractivity contribution is -0.121. The summed E-state index contributed by atoms with van der Waals surface area (Å²) in [5.74, 6) is 0.0604. The van der Waals surface area contributed by atoms with Gasteiger partial charge in [0.15, 0.2) is 0 Å². The van der Waals surface area contributed by atoms with Crippen LogP contribution in [0.2, 0.25) is 0 Å². The number of carbonyl (C=O) groups excluding carboxylic acids is 2. The summed E-state index contributed by atoms with van der Waals surface area (Å²) in [6, 6.07) is 7.95. The molecular formula is C18H27N3O2. The average molecular weight is 317 g/mol. The van der Waals surface area contributed by atoms with E-state index in [1.807, 2.05) is 24.3 Å². The van der Waals surface area contributed by atoms with E-state index in [2.05, 4.69) is 12.2 Å². The van der Waals surface area contributed by atoms with Gasteiger partial charge in [-0.15, -0.1) is 0 Å². The Kier molecular flexibility index (Phi) is 6.59. The van der Waals surface area contributed by atoms with Crippen LogP contribution in [0.1, 0.15) is 44.6 Å². The Bertz CT molecular complexity index is 545. The van der Waals surface area contributed by atoms with Crippen LogP contribution in [0, 0.1) is 0 Å². The molecule has 0 fully saturated rings. The molecule has 1 aromatic rings. The Balaban J connectivity index is 1.90. The van der Waals surface area contributed by atoms with Gasteiger partial charge in [0.05, 0.1) is 0 Å². The number of amides is 2. The van der Waals surface area contributed by atoms with Gasteiger partial charge >= 0.3 is 0 Å². The summed E-state index contributed by atoms with van der Waals surface area (Å²) in [6.07, 6.45) is 4.66. The van der Waals surface area contributed by atoms with Gasteiger partial charge in [-0.05, 0) is 24.5 Å². The highest BCUT2D eigenvalue weighted by molar-refractivity contribution is 5.96. The van der Waals surface area contributed by atoms with E-state index in [1.165, 1.54) is 5.56 Å². The van der Waals surface area contributed by atoms with Crippen molar-refractivity contribution in [3.63, 3.8) is 0 Å². The van der Waals surface area contributed by atoms with Gasteiger partial charge in [-0.25, -0.2) is 0 Å². The number of aryl methyl sites for hydroxylation is 1. The molecule has 23 heavy (non-hydrogen) atoms. The maximum Gasteiger partial charge on any atom is 0.227 e. The van der Waals surface area contributed by atoms with E-state index in [0.29, 0.717) is 25.9 Å². The number of anilines is 1. The zero-order valence-corrected chi connectivity index (χ0v) is 13.9. The van der Waals surface area contributed by atoms with Crippen LogP contribution in [0.3, 0.4) is 0 Å². The molecule has 1 aromatic carbocycles. The van der Waals surface area contributed by atoms with Crippen LogP contribution in [-0.2, 0) is 16.0 Å². The van der Waals surface area contributed by atoms with Crippen molar-refractivity contribution < 1.29 is 9.59 Å². The first-order valence-corrected chi connectivity index (χ1v) is 8.53. The van der Waals surface area contributed by atoms with Crippen molar-refractivity contribution in [1.29, 1.82) is 0 Å². The molecule has 0 saturated heterocycles. The number of nitrogens with one attached hydrogen (secondary N) is 1. The molecule has 1 aliphatic rings. The number of nitrogens with two attached hydrogens (primary N) is 1. The molecule has 1 atom stereocenters. The number of nitrogens with zero attached hydrogens (tertiary/aromatic N) is 1. The van der Waals surface area contributed by atoms with Gasteiger partial charge in [-0.3, -0.25) is 9.59 Å². The summed E-state index contributed by atoms with van der Waals surface area (Å²) in [5, 5.41) is 2.98. The van der Waals surface area contributed by atoms with E-state index in [4.69, 9.17) is 5.73 Å². The maximum atomic E-state index is 12.2. The van der Waals surface area contributed by atoms with Gasteiger partial charge in [0.1, 0.15) is 0 Å². The summed E-state index contributed by atoms with van der Waals surface area (Å²) in [6.45, 7) is 3.00. The lowest BCUT2D eigenvalue weighted by Crippen LogP contribution is -2.43. The molecule has 126 valence electrons. The second-order valence-electron chi connectivity index (χ2n) is 6.07. The van der Waals surface area contributed by atoms with Gasteiger partial charge in [0.2, 0.25) is 11.8 Å². The van der Waals surface area contributed by atoms with Crippen molar-refractivity contribution in [1.82, 2.24) is 5.32 Å². The van der Waals surface area contributed by atoms with Crippen molar-refractivity contribution in [2.75, 3.05) is 18.0 Å². The fraction of sp³-hybridized carbons (Fsp3) is 0.556. The van der Waals surface area contributed by atoms with E-state index in [9.17, 15) is 9.59 Å². The molecular weight excluding hydrogens is 290 g/mol. The van der Waals surface area contributed by atoms with Crippen LogP contribution >= 0.6 is 0 Å². The van der Waals surface area contributed by atoms with Crippen molar-refractivity contribution >= 4 is 17.5 Å². The molecule has 1 unspecified atom stereocenters. The number of benzene rings is 1. The molecule has 2 rings (SSSR count). The molecule has 0 saturated carbocycles. The largest absolute Gasteiger partial charge is 0.352 e. The predicted octanol–water partition coefficient (Wildman–Crippen LogP) is 1.99. The SMILES string of the molecule is CCCCC(CN)NC(=O)CCN1C(=O)CCc2ccccc21. The topological polar surface area (TPSA) is 75.4 Å². The first-order chi connectivity index (χ1) is 11.2. The van der Waals surface area contributed by atoms with E-state index in [1.54, 1.807) is 4.90 Å². The standard InChI is InChI=1S/C18H27N3O2/c1-2-3-7-15(13-19)20-17(22)11-12-21-16-8-5-4-6-14(16)9-10-18(21)23/h4-6,8,15H,2-3,7,9-13,19H2,1H3,(H,20,22). The molecule has 1 aliphatic heterocycles. The number of hydrogen-bond acceptors (Lipinski definition) is 3. The summed E-state index contributed by atoms with van der Waals surface area (Å²) < 4.78 is 0. The first kappa shape index (κ1) is 17.5. The van der Waals surface area contributed by atoms with Crippen LogP contribution in [0.4, 0.5) is 5.69 Å². The molecule has 0 aliphatic carbocycles. The fourth-order valence-electron chi connectivity index (χ4n) is 2.95. The van der Waals surface area contributed by atoms with E-state index in [0.717, 1.165) is 31.4 Å². The molecule has 2 amide bonds. The first-order valence-electron chi connectivity index (χ1n) is 8.53. The summed E-state index contributed by atoms with van der Waals surface area (Å²) in [5.41, 5.74) is 7.83. The highest BCUT2D eigenvalue weighted by Crippen LogP contribution is 2.27. The van der Waals surface area contributed by atoms with E-state index < -0.39 is 0 Å². The Hall–Kier alpha value is -1.88. The third-order valence-corrected chi connectivity index (χ3v) is 4.31. The van der Waals surface area contributed by atoms with Gasteiger partial charge in [-0.1, -0.05) is 38.0 Å². The minimum atomic E-state index is -0.0348. The van der Waals surface area contributed by atoms with Gasteiger partial charge < -0.3 is 16.0 Å². The van der Waals surface area contributed by atoms with Crippen LogP contribution in [0.15, 0.2) is 24.3 Å². The van der Waals surface area contributed by atoms with Crippen molar-refractivity contribution in [3.05, 3.63) is 29.8 Å². The molecule has 3 N–H and O–H groups in total. The number of unbranched alkanes of at least 4 members (excludes halogenated alkanes) is 1. The van der Waals surface area contributed by atoms with E-state index in [-0.39, 0.29) is 17.9 Å². The molecule has 1 heterocycles. The predicted molar refractivity (Wildman–Crippen MR) is 92.2 cm³/mol. The normalized spacial score (nSPS) is 15.2. The second-order valence-corrected chi connectivity index (χ2v) is 6.07. The number of carbonyl (C=O) groups is 2. The zero-order chi connectivity index (χ0) is 16.7. The highest BCUT2D eigenvalue weighted by atomic mass is 16.2. The van der Waals surface area contributed by atoms with Crippen LogP contribution in [0.25, 0.3) is 0 Å². The quantitative estimate of drug-likeness (QED) is 0.770. The van der Waals surface area contributed by atoms with Crippen molar-refractivity contribution in [3.8, 4) is 0 Å².